The molecule has 0 spiro atoms. The van der Waals surface area contributed by atoms with Gasteiger partial charge in [0.05, 0.1) is 24.3 Å². The first kappa shape index (κ1) is 35.6. The second kappa shape index (κ2) is 20.2. The van der Waals surface area contributed by atoms with Gasteiger partial charge < -0.3 is 18.9 Å². The van der Waals surface area contributed by atoms with Crippen LogP contribution in [0.15, 0.2) is 85.5 Å². The minimum atomic E-state index is -0.472. The van der Waals surface area contributed by atoms with E-state index in [9.17, 15) is 9.59 Å². The van der Waals surface area contributed by atoms with E-state index in [2.05, 4.69) is 20.4 Å². The van der Waals surface area contributed by atoms with Crippen LogP contribution in [0.3, 0.4) is 0 Å². The van der Waals surface area contributed by atoms with Crippen molar-refractivity contribution in [3.63, 3.8) is 0 Å². The van der Waals surface area contributed by atoms with Gasteiger partial charge in [0.1, 0.15) is 17.6 Å². The normalized spacial score (nSPS) is 12.2. The van der Waals surface area contributed by atoms with E-state index in [1.165, 1.54) is 38.5 Å². The zero-order valence-corrected chi connectivity index (χ0v) is 27.3. The summed E-state index contributed by atoms with van der Waals surface area (Å²) in [7, 11) is 0. The predicted octanol–water partition coefficient (Wildman–Crippen LogP) is 9.87. The van der Waals surface area contributed by atoms with Crippen LogP contribution in [0, 0.1) is 5.92 Å². The Balaban J connectivity index is 1.39. The lowest BCUT2D eigenvalue weighted by molar-refractivity contribution is -0.00372. The summed E-state index contributed by atoms with van der Waals surface area (Å²) in [6.45, 7) is 11.5. The Labute approximate surface area is 269 Å². The van der Waals surface area contributed by atoms with Crippen molar-refractivity contribution in [3.05, 3.63) is 96.6 Å². The predicted molar refractivity (Wildman–Crippen MR) is 181 cm³/mol. The highest BCUT2D eigenvalue weighted by molar-refractivity contribution is 5.92. The number of esters is 2. The van der Waals surface area contributed by atoms with E-state index in [1.807, 2.05) is 42.5 Å². The number of carbonyl (C=O) groups excluding carboxylic acids is 2. The molecule has 0 saturated carbocycles. The summed E-state index contributed by atoms with van der Waals surface area (Å²) in [5, 5.41) is 0. The van der Waals surface area contributed by atoms with Crippen molar-refractivity contribution in [1.82, 2.24) is 0 Å². The maximum Gasteiger partial charge on any atom is 0.343 e. The second-order valence-electron chi connectivity index (χ2n) is 11.7. The fraction of sp³-hybridized carbons (Fsp3) is 0.436. The van der Waals surface area contributed by atoms with Crippen LogP contribution in [-0.4, -0.2) is 37.9 Å². The fourth-order valence-corrected chi connectivity index (χ4v) is 4.67. The molecule has 0 N–H and O–H groups in total. The highest BCUT2D eigenvalue weighted by Gasteiger charge is 2.14. The van der Waals surface area contributed by atoms with E-state index in [-0.39, 0.29) is 6.10 Å². The molecule has 0 saturated heterocycles. The molecule has 0 aliphatic carbocycles. The monoisotopic (exact) mass is 614 g/mol. The minimum Gasteiger partial charge on any atom is -0.494 e. The molecule has 3 aromatic carbocycles. The fourth-order valence-electron chi connectivity index (χ4n) is 4.67. The van der Waals surface area contributed by atoms with E-state index in [0.29, 0.717) is 36.0 Å². The Bertz CT molecular complexity index is 1280. The number of carbonyl (C=O) groups is 2. The molecule has 2 atom stereocenters. The molecule has 6 heteroatoms. The Hall–Kier alpha value is -3.90. The first-order valence-electron chi connectivity index (χ1n) is 16.4. The van der Waals surface area contributed by atoms with E-state index in [0.717, 1.165) is 42.7 Å². The molecular formula is C39H50O6. The molecule has 6 nitrogen and oxygen atoms in total. The van der Waals surface area contributed by atoms with Crippen LogP contribution < -0.4 is 9.47 Å². The number of hydrogen-bond donors (Lipinski definition) is 0. The van der Waals surface area contributed by atoms with Crippen LogP contribution in [0.25, 0.3) is 11.1 Å². The van der Waals surface area contributed by atoms with Crippen molar-refractivity contribution < 1.29 is 28.5 Å². The van der Waals surface area contributed by atoms with Gasteiger partial charge >= 0.3 is 11.9 Å². The summed E-state index contributed by atoms with van der Waals surface area (Å²) in [5.41, 5.74) is 2.85. The Kier molecular flexibility index (Phi) is 16.0. The molecule has 0 aliphatic heterocycles. The quantitative estimate of drug-likeness (QED) is 0.0515. The zero-order valence-electron chi connectivity index (χ0n) is 27.3. The molecule has 242 valence electrons. The maximum absolute atomic E-state index is 12.7. The van der Waals surface area contributed by atoms with Gasteiger partial charge in [0.15, 0.2) is 0 Å². The average molecular weight is 615 g/mol. The van der Waals surface area contributed by atoms with Crippen LogP contribution in [0.1, 0.15) is 99.3 Å². The van der Waals surface area contributed by atoms with Crippen molar-refractivity contribution in [2.45, 2.75) is 84.7 Å². The Morgan fingerprint density at radius 2 is 1.22 bits per heavy atom. The van der Waals surface area contributed by atoms with Gasteiger partial charge in [-0.1, -0.05) is 82.7 Å². The van der Waals surface area contributed by atoms with Crippen LogP contribution >= 0.6 is 0 Å². The van der Waals surface area contributed by atoms with Gasteiger partial charge in [0.25, 0.3) is 0 Å². The molecule has 0 aromatic heterocycles. The van der Waals surface area contributed by atoms with Crippen LogP contribution in [0.4, 0.5) is 0 Å². The van der Waals surface area contributed by atoms with Gasteiger partial charge in [-0.05, 0) is 91.8 Å². The van der Waals surface area contributed by atoms with E-state index >= 15 is 0 Å². The molecule has 0 amide bonds. The Morgan fingerprint density at radius 3 is 1.84 bits per heavy atom. The van der Waals surface area contributed by atoms with E-state index < -0.39 is 11.9 Å². The van der Waals surface area contributed by atoms with Gasteiger partial charge in [-0.15, -0.1) is 6.58 Å². The first-order valence-corrected chi connectivity index (χ1v) is 16.4. The van der Waals surface area contributed by atoms with Gasteiger partial charge in [-0.3, -0.25) is 0 Å². The van der Waals surface area contributed by atoms with Crippen molar-refractivity contribution in [1.29, 1.82) is 0 Å². The number of unbranched alkanes of at least 4 members (excludes halogenated alkanes) is 7. The van der Waals surface area contributed by atoms with Gasteiger partial charge in [0.2, 0.25) is 0 Å². The van der Waals surface area contributed by atoms with Gasteiger partial charge in [-0.2, -0.15) is 0 Å². The van der Waals surface area contributed by atoms with Gasteiger partial charge in [-0.25, -0.2) is 9.59 Å². The third kappa shape index (κ3) is 13.3. The summed E-state index contributed by atoms with van der Waals surface area (Å²) in [4.78, 5) is 25.2. The highest BCUT2D eigenvalue weighted by Crippen LogP contribution is 2.24. The molecule has 45 heavy (non-hydrogen) atoms. The molecule has 3 aromatic rings. The topological polar surface area (TPSA) is 71.1 Å². The molecule has 2 unspecified atom stereocenters. The van der Waals surface area contributed by atoms with Crippen molar-refractivity contribution >= 4 is 11.9 Å². The zero-order chi connectivity index (χ0) is 32.3. The standard InChI is InChI=1S/C39H50O6/c1-5-7-8-9-10-11-12-13-14-27-43-36-23-19-33(20-24-36)32-15-17-34(18-16-32)39(41)45-37-25-21-35(22-26-37)38(40)44-31(4)29-42-28-30(3)6-2/h5,15-26,30-31H,1,6-14,27-29H2,2-4H3. The SMILES string of the molecule is C=CCCCCCCCCCOc1ccc(-c2ccc(C(=O)Oc3ccc(C(=O)OC(C)COCC(C)CC)cc3)cc2)cc1. The second-order valence-corrected chi connectivity index (χ2v) is 11.7. The Morgan fingerprint density at radius 1 is 0.689 bits per heavy atom. The van der Waals surface area contributed by atoms with Crippen molar-refractivity contribution in [3.8, 4) is 22.6 Å². The molecule has 0 aliphatic rings. The number of ether oxygens (including phenoxy) is 4. The van der Waals surface area contributed by atoms with Crippen LogP contribution in [0.2, 0.25) is 0 Å². The third-order valence-corrected chi connectivity index (χ3v) is 7.69. The molecule has 0 bridgehead atoms. The number of benzene rings is 3. The number of rotatable bonds is 21. The smallest absolute Gasteiger partial charge is 0.343 e. The lowest BCUT2D eigenvalue weighted by Crippen LogP contribution is -2.21. The summed E-state index contributed by atoms with van der Waals surface area (Å²) in [6, 6.07) is 21.7. The molecule has 0 fully saturated rings. The van der Waals surface area contributed by atoms with Crippen molar-refractivity contribution in [2.24, 2.45) is 5.92 Å². The lowest BCUT2D eigenvalue weighted by Gasteiger charge is -2.15. The summed E-state index contributed by atoms with van der Waals surface area (Å²) in [6.07, 6.45) is 12.5. The number of hydrogen-bond acceptors (Lipinski definition) is 6. The molecule has 0 heterocycles. The minimum absolute atomic E-state index is 0.348. The number of allylic oxidation sites excluding steroid dienone is 1. The summed E-state index contributed by atoms with van der Waals surface area (Å²) in [5.74, 6) is 0.763. The largest absolute Gasteiger partial charge is 0.494 e. The van der Waals surface area contributed by atoms with Gasteiger partial charge in [0, 0.05) is 6.61 Å². The highest BCUT2D eigenvalue weighted by atomic mass is 16.6. The average Bonchev–Trinajstić information content (AvgIpc) is 3.06. The molecule has 3 rings (SSSR count). The van der Waals surface area contributed by atoms with Crippen LogP contribution in [-0.2, 0) is 9.47 Å². The van der Waals surface area contributed by atoms with Crippen molar-refractivity contribution in [2.75, 3.05) is 19.8 Å². The van der Waals surface area contributed by atoms with E-state index in [1.54, 1.807) is 43.3 Å². The first-order chi connectivity index (χ1) is 21.9. The van der Waals surface area contributed by atoms with E-state index in [4.69, 9.17) is 18.9 Å². The summed E-state index contributed by atoms with van der Waals surface area (Å²) >= 11 is 0. The third-order valence-electron chi connectivity index (χ3n) is 7.69. The van der Waals surface area contributed by atoms with Crippen LogP contribution in [0.5, 0.6) is 11.5 Å². The lowest BCUT2D eigenvalue weighted by atomic mass is 10.0. The summed E-state index contributed by atoms with van der Waals surface area (Å²) < 4.78 is 22.5. The molecule has 0 radical (unpaired) electrons. The maximum atomic E-state index is 12.7. The molecular weight excluding hydrogens is 564 g/mol.